The number of aliphatic hydroxyl groups is 1. The number of hydrogen-bond donors (Lipinski definition) is 1. The van der Waals surface area contributed by atoms with E-state index in [1.54, 1.807) is 19.2 Å². The van der Waals surface area contributed by atoms with Crippen LogP contribution in [0.5, 0.6) is 5.75 Å². The molecule has 1 aliphatic rings. The van der Waals surface area contributed by atoms with E-state index in [1.165, 1.54) is 24.1 Å². The van der Waals surface area contributed by atoms with Crippen molar-refractivity contribution in [3.8, 4) is 5.75 Å². The zero-order chi connectivity index (χ0) is 21.8. The van der Waals surface area contributed by atoms with Gasteiger partial charge in [-0.1, -0.05) is 53.5 Å². The van der Waals surface area contributed by atoms with Gasteiger partial charge in [-0.2, -0.15) is 0 Å². The van der Waals surface area contributed by atoms with Gasteiger partial charge in [-0.25, -0.2) is 0 Å². The highest BCUT2D eigenvalue weighted by atomic mass is 35.5. The van der Waals surface area contributed by atoms with Crippen molar-refractivity contribution in [2.45, 2.75) is 12.5 Å². The van der Waals surface area contributed by atoms with Crippen LogP contribution in [0.3, 0.4) is 0 Å². The molecule has 158 valence electrons. The van der Waals surface area contributed by atoms with Crippen molar-refractivity contribution < 1.29 is 24.2 Å². The van der Waals surface area contributed by atoms with Gasteiger partial charge in [-0.05, 0) is 24.1 Å². The van der Waals surface area contributed by atoms with Crippen molar-refractivity contribution >= 4 is 40.7 Å². The van der Waals surface area contributed by atoms with Crippen LogP contribution in [0.15, 0.2) is 48.0 Å². The predicted molar refractivity (Wildman–Crippen MR) is 115 cm³/mol. The van der Waals surface area contributed by atoms with Crippen LogP contribution in [0.1, 0.15) is 23.6 Å². The summed E-state index contributed by atoms with van der Waals surface area (Å²) in [6.45, 7) is 0.743. The molecule has 1 unspecified atom stereocenters. The summed E-state index contributed by atoms with van der Waals surface area (Å²) in [4.78, 5) is 27.1. The Morgan fingerprint density at radius 3 is 2.30 bits per heavy atom. The first-order valence-electron chi connectivity index (χ1n) is 9.26. The number of carbonyl (C=O) groups excluding carboxylic acids is 2. The minimum absolute atomic E-state index is 0.0130. The number of Topliss-reactive ketones (excluding diaryl/α,β-unsaturated/α-hetero) is 1. The van der Waals surface area contributed by atoms with Gasteiger partial charge in [0, 0.05) is 25.8 Å². The maximum absolute atomic E-state index is 12.9. The van der Waals surface area contributed by atoms with Crippen molar-refractivity contribution in [1.29, 1.82) is 0 Å². The zero-order valence-electron chi connectivity index (χ0n) is 16.5. The highest BCUT2D eigenvalue weighted by Crippen LogP contribution is 2.41. The molecule has 8 heteroatoms. The summed E-state index contributed by atoms with van der Waals surface area (Å²) in [6.07, 6.45) is 0.549. The number of ketones is 1. The van der Waals surface area contributed by atoms with Crippen molar-refractivity contribution in [1.82, 2.24) is 4.90 Å². The Morgan fingerprint density at radius 1 is 1.10 bits per heavy atom. The van der Waals surface area contributed by atoms with Crippen LogP contribution in [0, 0.1) is 0 Å². The molecule has 0 aliphatic carbocycles. The Kier molecular flexibility index (Phi) is 7.02. The first-order chi connectivity index (χ1) is 14.4. The van der Waals surface area contributed by atoms with Gasteiger partial charge in [0.2, 0.25) is 0 Å². The summed E-state index contributed by atoms with van der Waals surface area (Å²) in [7, 11) is 2.99. The lowest BCUT2D eigenvalue weighted by atomic mass is 9.95. The van der Waals surface area contributed by atoms with Gasteiger partial charge in [0.25, 0.3) is 11.7 Å². The number of likely N-dealkylation sites (tertiary alicyclic amines) is 1. The fourth-order valence-corrected chi connectivity index (χ4v) is 4.16. The van der Waals surface area contributed by atoms with Gasteiger partial charge in [0.15, 0.2) is 5.75 Å². The molecule has 6 nitrogen and oxygen atoms in total. The van der Waals surface area contributed by atoms with Gasteiger partial charge in [0.05, 0.1) is 28.8 Å². The highest BCUT2D eigenvalue weighted by Gasteiger charge is 2.45. The fourth-order valence-electron chi connectivity index (χ4n) is 3.52. The molecule has 0 radical (unpaired) electrons. The molecule has 30 heavy (non-hydrogen) atoms. The average molecular weight is 450 g/mol. The number of benzene rings is 2. The Morgan fingerprint density at radius 2 is 1.73 bits per heavy atom. The lowest BCUT2D eigenvalue weighted by molar-refractivity contribution is -0.140. The van der Waals surface area contributed by atoms with Crippen LogP contribution in [0.4, 0.5) is 0 Å². The monoisotopic (exact) mass is 449 g/mol. The molecule has 1 saturated heterocycles. The van der Waals surface area contributed by atoms with Crippen molar-refractivity contribution in [2.24, 2.45) is 0 Å². The number of ether oxygens (including phenoxy) is 2. The smallest absolute Gasteiger partial charge is 0.295 e. The fraction of sp³-hybridized carbons (Fsp3) is 0.273. The lowest BCUT2D eigenvalue weighted by Gasteiger charge is -2.25. The van der Waals surface area contributed by atoms with E-state index in [1.807, 2.05) is 18.2 Å². The zero-order valence-corrected chi connectivity index (χ0v) is 18.0. The van der Waals surface area contributed by atoms with Crippen LogP contribution >= 0.6 is 23.2 Å². The number of carbonyl (C=O) groups is 2. The molecular formula is C22H21Cl2NO5. The minimum Gasteiger partial charge on any atom is -0.507 e. The van der Waals surface area contributed by atoms with E-state index in [0.717, 1.165) is 0 Å². The summed E-state index contributed by atoms with van der Waals surface area (Å²) >= 11 is 12.4. The summed E-state index contributed by atoms with van der Waals surface area (Å²) in [6, 6.07) is 11.2. The molecule has 0 saturated carbocycles. The van der Waals surface area contributed by atoms with Crippen LogP contribution in [-0.4, -0.2) is 49.1 Å². The van der Waals surface area contributed by atoms with E-state index in [2.05, 4.69) is 0 Å². The Bertz CT molecular complexity index is 967. The van der Waals surface area contributed by atoms with Crippen LogP contribution in [0.25, 0.3) is 5.76 Å². The summed E-state index contributed by atoms with van der Waals surface area (Å²) < 4.78 is 10.2. The maximum atomic E-state index is 12.9. The molecule has 1 aliphatic heterocycles. The quantitative estimate of drug-likeness (QED) is 0.292. The lowest BCUT2D eigenvalue weighted by Crippen LogP contribution is -2.31. The van der Waals surface area contributed by atoms with E-state index in [4.69, 9.17) is 32.7 Å². The number of hydrogen-bond acceptors (Lipinski definition) is 5. The number of rotatable bonds is 7. The molecule has 1 amide bonds. The Labute approximate surface area is 184 Å². The second kappa shape index (κ2) is 9.51. The van der Waals surface area contributed by atoms with Gasteiger partial charge >= 0.3 is 0 Å². The first kappa shape index (κ1) is 22.2. The SMILES string of the molecule is COCCCN1C(=O)C(=O)/C(=C(/O)c2cc(Cl)c(OC)c(Cl)c2)C1c1ccccc1. The van der Waals surface area contributed by atoms with Crippen molar-refractivity contribution in [3.05, 3.63) is 69.2 Å². The second-order valence-corrected chi connectivity index (χ2v) is 7.54. The number of aliphatic hydroxyl groups excluding tert-OH is 1. The molecule has 1 heterocycles. The van der Waals surface area contributed by atoms with Gasteiger partial charge in [-0.3, -0.25) is 9.59 Å². The molecular weight excluding hydrogens is 429 g/mol. The third-order valence-electron chi connectivity index (χ3n) is 4.88. The Balaban J connectivity index is 2.14. The normalized spacial score (nSPS) is 18.1. The van der Waals surface area contributed by atoms with Crippen LogP contribution in [-0.2, 0) is 14.3 Å². The minimum atomic E-state index is -0.762. The average Bonchev–Trinajstić information content (AvgIpc) is 2.98. The van der Waals surface area contributed by atoms with E-state index < -0.39 is 17.7 Å². The molecule has 2 aromatic rings. The first-order valence-corrected chi connectivity index (χ1v) is 10.0. The predicted octanol–water partition coefficient (Wildman–Crippen LogP) is 4.46. The molecule has 1 fully saturated rings. The number of halogens is 2. The number of amides is 1. The standard InChI is InChI=1S/C22H21Cl2NO5/c1-29-10-6-9-25-18(13-7-4-3-5-8-13)17(20(27)22(25)28)19(26)14-11-15(23)21(30-2)16(24)12-14/h3-5,7-8,11-12,18,26H,6,9-10H2,1-2H3/b19-17+. The maximum Gasteiger partial charge on any atom is 0.295 e. The molecule has 2 aromatic carbocycles. The molecule has 3 rings (SSSR count). The van der Waals surface area contributed by atoms with E-state index in [9.17, 15) is 14.7 Å². The summed E-state index contributed by atoms with van der Waals surface area (Å²) in [5.74, 6) is -1.52. The van der Waals surface area contributed by atoms with Crippen molar-refractivity contribution in [2.75, 3.05) is 27.4 Å². The van der Waals surface area contributed by atoms with Crippen LogP contribution in [0.2, 0.25) is 10.0 Å². The highest BCUT2D eigenvalue weighted by molar-refractivity contribution is 6.46. The van der Waals surface area contributed by atoms with E-state index in [0.29, 0.717) is 25.1 Å². The van der Waals surface area contributed by atoms with Crippen LogP contribution < -0.4 is 4.74 Å². The molecule has 0 aromatic heterocycles. The number of methoxy groups -OCH3 is 2. The summed E-state index contributed by atoms with van der Waals surface area (Å²) in [5.41, 5.74) is 0.920. The third kappa shape index (κ3) is 4.17. The topological polar surface area (TPSA) is 76.1 Å². The molecule has 1 atom stereocenters. The van der Waals surface area contributed by atoms with Gasteiger partial charge in [-0.15, -0.1) is 0 Å². The molecule has 0 spiro atoms. The van der Waals surface area contributed by atoms with E-state index >= 15 is 0 Å². The van der Waals surface area contributed by atoms with E-state index in [-0.39, 0.29) is 32.7 Å². The van der Waals surface area contributed by atoms with Crippen molar-refractivity contribution in [3.63, 3.8) is 0 Å². The third-order valence-corrected chi connectivity index (χ3v) is 5.44. The largest absolute Gasteiger partial charge is 0.507 e. The molecule has 1 N–H and O–H groups in total. The number of nitrogens with zero attached hydrogens (tertiary/aromatic N) is 1. The van der Waals surface area contributed by atoms with Gasteiger partial charge in [0.1, 0.15) is 5.76 Å². The Hall–Kier alpha value is -2.54. The van der Waals surface area contributed by atoms with Gasteiger partial charge < -0.3 is 19.5 Å². The second-order valence-electron chi connectivity index (χ2n) is 6.72. The summed E-state index contributed by atoms with van der Waals surface area (Å²) in [5, 5.41) is 11.4. The molecule has 0 bridgehead atoms.